The van der Waals surface area contributed by atoms with Gasteiger partial charge in [-0.2, -0.15) is 4.57 Å². The zero-order chi connectivity index (χ0) is 12.8. The summed E-state index contributed by atoms with van der Waals surface area (Å²) in [7, 11) is 0. The van der Waals surface area contributed by atoms with Crippen LogP contribution in [0.1, 0.15) is 5.56 Å². The molecule has 19 heavy (non-hydrogen) atoms. The van der Waals surface area contributed by atoms with Crippen molar-refractivity contribution in [3.63, 3.8) is 0 Å². The first kappa shape index (κ1) is 15.1. The smallest absolute Gasteiger partial charge is 0.269 e. The second-order valence-electron chi connectivity index (χ2n) is 3.79. The Balaban J connectivity index is 0.00000180. The van der Waals surface area contributed by atoms with Gasteiger partial charge in [-0.05, 0) is 5.56 Å². The lowest BCUT2D eigenvalue weighted by Crippen LogP contribution is -2.33. The van der Waals surface area contributed by atoms with Gasteiger partial charge in [-0.15, -0.1) is 12.4 Å². The van der Waals surface area contributed by atoms with Crippen molar-refractivity contribution in [2.45, 2.75) is 13.3 Å². The van der Waals surface area contributed by atoms with Crippen molar-refractivity contribution in [2.75, 3.05) is 0 Å². The lowest BCUT2D eigenvalue weighted by atomic mass is 10.2. The fourth-order valence-corrected chi connectivity index (χ4v) is 1.55. The molecule has 0 amide bonds. The van der Waals surface area contributed by atoms with Gasteiger partial charge in [-0.3, -0.25) is 10.1 Å². The molecule has 0 N–H and O–H groups in total. The highest BCUT2D eigenvalue weighted by Crippen LogP contribution is 2.13. The molecule has 1 heterocycles. The number of halogens is 1. The molecule has 2 aromatic rings. The molecule has 0 saturated carbocycles. The van der Waals surface area contributed by atoms with Crippen LogP contribution in [0.25, 0.3) is 0 Å². The van der Waals surface area contributed by atoms with Crippen LogP contribution in [-0.4, -0.2) is 4.92 Å². The molecule has 100 valence electrons. The van der Waals surface area contributed by atoms with E-state index in [1.807, 2.05) is 41.2 Å². The number of pyridine rings is 1. The van der Waals surface area contributed by atoms with E-state index in [2.05, 4.69) is 0 Å². The number of benzene rings is 1. The van der Waals surface area contributed by atoms with Crippen LogP contribution < -0.4 is 4.57 Å². The summed E-state index contributed by atoms with van der Waals surface area (Å²) in [5.74, 6) is 0. The van der Waals surface area contributed by atoms with Crippen molar-refractivity contribution in [1.82, 2.24) is 0 Å². The SMILES string of the molecule is Cl.O=[N+]([O-])c1cccc(COC[n+]2ccccc2)c1. The molecule has 0 bridgehead atoms. The maximum Gasteiger partial charge on any atom is 0.269 e. The minimum absolute atomic E-state index is 0. The van der Waals surface area contributed by atoms with E-state index in [4.69, 9.17) is 4.74 Å². The van der Waals surface area contributed by atoms with E-state index >= 15 is 0 Å². The van der Waals surface area contributed by atoms with Gasteiger partial charge in [0, 0.05) is 24.3 Å². The summed E-state index contributed by atoms with van der Waals surface area (Å²) in [4.78, 5) is 10.2. The summed E-state index contributed by atoms with van der Waals surface area (Å²) < 4.78 is 7.37. The molecule has 0 fully saturated rings. The van der Waals surface area contributed by atoms with Crippen molar-refractivity contribution in [2.24, 2.45) is 0 Å². The van der Waals surface area contributed by atoms with Gasteiger partial charge in [-0.1, -0.05) is 18.2 Å². The van der Waals surface area contributed by atoms with E-state index < -0.39 is 4.92 Å². The van der Waals surface area contributed by atoms with Crippen LogP contribution in [0, 0.1) is 10.1 Å². The van der Waals surface area contributed by atoms with Crippen LogP contribution in [0.3, 0.4) is 0 Å². The molecule has 0 radical (unpaired) electrons. The third-order valence-electron chi connectivity index (χ3n) is 2.41. The highest BCUT2D eigenvalue weighted by Gasteiger charge is 2.06. The first-order valence-corrected chi connectivity index (χ1v) is 5.51. The molecular weight excluding hydrogens is 268 g/mol. The molecule has 2 rings (SSSR count). The van der Waals surface area contributed by atoms with Crippen LogP contribution in [0.2, 0.25) is 0 Å². The van der Waals surface area contributed by atoms with Gasteiger partial charge in [0.25, 0.3) is 12.4 Å². The van der Waals surface area contributed by atoms with E-state index in [0.29, 0.717) is 13.3 Å². The van der Waals surface area contributed by atoms with Gasteiger partial charge >= 0.3 is 0 Å². The van der Waals surface area contributed by atoms with Crippen molar-refractivity contribution in [1.29, 1.82) is 0 Å². The zero-order valence-corrected chi connectivity index (χ0v) is 11.0. The van der Waals surface area contributed by atoms with Crippen LogP contribution in [0.4, 0.5) is 5.69 Å². The predicted octanol–water partition coefficient (Wildman–Crippen LogP) is 2.48. The van der Waals surface area contributed by atoms with Gasteiger partial charge in [-0.25, -0.2) is 0 Å². The molecule has 6 heteroatoms. The summed E-state index contributed by atoms with van der Waals surface area (Å²) in [5, 5.41) is 10.6. The van der Waals surface area contributed by atoms with Crippen molar-refractivity contribution in [3.8, 4) is 0 Å². The minimum atomic E-state index is -0.407. The Morgan fingerprint density at radius 3 is 2.58 bits per heavy atom. The third kappa shape index (κ3) is 4.65. The zero-order valence-electron chi connectivity index (χ0n) is 10.1. The van der Waals surface area contributed by atoms with Crippen LogP contribution in [0.5, 0.6) is 0 Å². The molecule has 0 aliphatic heterocycles. The lowest BCUT2D eigenvalue weighted by Gasteiger charge is -2.01. The Labute approximate surface area is 117 Å². The molecule has 0 aliphatic carbocycles. The van der Waals surface area contributed by atoms with Gasteiger partial charge < -0.3 is 4.74 Å². The normalized spacial score (nSPS) is 9.68. The first-order chi connectivity index (χ1) is 8.75. The van der Waals surface area contributed by atoms with Gasteiger partial charge in [0.15, 0.2) is 12.4 Å². The second kappa shape index (κ2) is 7.45. The number of ether oxygens (including phenoxy) is 1. The van der Waals surface area contributed by atoms with Crippen LogP contribution in [0.15, 0.2) is 54.9 Å². The summed E-state index contributed by atoms with van der Waals surface area (Å²) in [5.41, 5.74) is 0.879. The van der Waals surface area contributed by atoms with Crippen LogP contribution >= 0.6 is 12.4 Å². The number of hydrogen-bond acceptors (Lipinski definition) is 3. The number of nitro groups is 1. The second-order valence-corrected chi connectivity index (χ2v) is 3.79. The summed E-state index contributed by atoms with van der Waals surface area (Å²) >= 11 is 0. The third-order valence-corrected chi connectivity index (χ3v) is 2.41. The van der Waals surface area contributed by atoms with Crippen molar-refractivity contribution >= 4 is 18.1 Å². The van der Waals surface area contributed by atoms with E-state index in [1.54, 1.807) is 6.07 Å². The maximum absolute atomic E-state index is 10.6. The van der Waals surface area contributed by atoms with Crippen molar-refractivity contribution in [3.05, 3.63) is 70.5 Å². The van der Waals surface area contributed by atoms with Crippen molar-refractivity contribution < 1.29 is 14.2 Å². The predicted molar refractivity (Wildman–Crippen MR) is 71.8 cm³/mol. The lowest BCUT2D eigenvalue weighted by molar-refractivity contribution is -0.733. The molecule has 0 aliphatic rings. The number of nitro benzene ring substituents is 1. The number of non-ortho nitro benzene ring substituents is 1. The summed E-state index contributed by atoms with van der Waals surface area (Å²) in [6.07, 6.45) is 3.79. The van der Waals surface area contributed by atoms with E-state index in [9.17, 15) is 10.1 Å². The summed E-state index contributed by atoms with van der Waals surface area (Å²) in [6, 6.07) is 12.2. The first-order valence-electron chi connectivity index (χ1n) is 5.51. The number of hydrogen-bond donors (Lipinski definition) is 0. The quantitative estimate of drug-likeness (QED) is 0.481. The number of rotatable bonds is 5. The highest BCUT2D eigenvalue weighted by molar-refractivity contribution is 5.85. The van der Waals surface area contributed by atoms with E-state index in [-0.39, 0.29) is 18.1 Å². The van der Waals surface area contributed by atoms with E-state index in [1.165, 1.54) is 12.1 Å². The van der Waals surface area contributed by atoms with Gasteiger partial charge in [0.1, 0.15) is 0 Å². The molecule has 0 spiro atoms. The Kier molecular flexibility index (Phi) is 5.92. The molecule has 0 saturated heterocycles. The standard InChI is InChI=1S/C13H13N2O3.ClH/c16-15(17)13-6-4-5-12(9-13)10-18-11-14-7-2-1-3-8-14;/h1-9H,10-11H2;1H/q+1;. The molecule has 1 aromatic heterocycles. The molecule has 5 nitrogen and oxygen atoms in total. The van der Waals surface area contributed by atoms with Gasteiger partial charge in [0.2, 0.25) is 0 Å². The minimum Gasteiger partial charge on any atom is -0.318 e. The highest BCUT2D eigenvalue weighted by atomic mass is 35.5. The number of nitrogens with zero attached hydrogens (tertiary/aromatic N) is 2. The topological polar surface area (TPSA) is 56.3 Å². The van der Waals surface area contributed by atoms with E-state index in [0.717, 1.165) is 5.56 Å². The van der Waals surface area contributed by atoms with Crippen LogP contribution in [-0.2, 0) is 18.1 Å². The monoisotopic (exact) mass is 281 g/mol. The summed E-state index contributed by atoms with van der Waals surface area (Å²) in [6.45, 7) is 0.771. The number of aromatic nitrogens is 1. The fourth-order valence-electron chi connectivity index (χ4n) is 1.55. The fraction of sp³-hybridized carbons (Fsp3) is 0.154. The molecule has 0 atom stereocenters. The molecule has 1 aromatic carbocycles. The Hall–Kier alpha value is -1.98. The Morgan fingerprint density at radius 1 is 1.16 bits per heavy atom. The maximum atomic E-state index is 10.6. The largest absolute Gasteiger partial charge is 0.318 e. The average Bonchev–Trinajstić information content (AvgIpc) is 2.40. The average molecular weight is 282 g/mol. The molecular formula is C13H14ClN2O3+. The Morgan fingerprint density at radius 2 is 1.89 bits per heavy atom. The van der Waals surface area contributed by atoms with Gasteiger partial charge in [0.05, 0.1) is 11.5 Å². The Bertz CT molecular complexity index is 534. The molecule has 0 unspecified atom stereocenters.